The van der Waals surface area contributed by atoms with Crippen LogP contribution in [0.15, 0.2) is 18.2 Å². The third-order valence-electron chi connectivity index (χ3n) is 4.10. The summed E-state index contributed by atoms with van der Waals surface area (Å²) in [6, 6.07) is 4.68. The topological polar surface area (TPSA) is 75.5 Å². The number of carbonyl (C=O) groups excluding carboxylic acids is 1. The zero-order valence-electron chi connectivity index (χ0n) is 13.2. The summed E-state index contributed by atoms with van der Waals surface area (Å²) in [6.45, 7) is 5.65. The van der Waals surface area contributed by atoms with E-state index in [4.69, 9.17) is 0 Å². The third-order valence-corrected chi connectivity index (χ3v) is 4.10. The normalized spacial score (nSPS) is 18.9. The molecule has 6 heteroatoms. The van der Waals surface area contributed by atoms with Gasteiger partial charge in [0, 0.05) is 17.3 Å². The highest BCUT2D eigenvalue weighted by Crippen LogP contribution is 2.24. The van der Waals surface area contributed by atoms with E-state index in [0.29, 0.717) is 11.3 Å². The predicted octanol–water partition coefficient (Wildman–Crippen LogP) is 3.11. The summed E-state index contributed by atoms with van der Waals surface area (Å²) >= 11 is 0. The second kappa shape index (κ2) is 7.35. The van der Waals surface area contributed by atoms with Crippen molar-refractivity contribution in [2.45, 2.75) is 45.6 Å². The molecule has 0 bridgehead atoms. The highest BCUT2D eigenvalue weighted by molar-refractivity contribution is 5.95. The zero-order chi connectivity index (χ0) is 16.1. The molecule has 1 atom stereocenters. The SMILES string of the molecule is CCCN1CCCCC1C(=O)Nc1ccc(C)c([N+](=O)[O-])c1. The summed E-state index contributed by atoms with van der Waals surface area (Å²) in [5.41, 5.74) is 1.12. The largest absolute Gasteiger partial charge is 0.324 e. The summed E-state index contributed by atoms with van der Waals surface area (Å²) in [4.78, 5) is 25.3. The van der Waals surface area contributed by atoms with Gasteiger partial charge < -0.3 is 5.32 Å². The number of piperidine rings is 1. The molecule has 1 aromatic rings. The Morgan fingerprint density at radius 3 is 2.91 bits per heavy atom. The first-order chi connectivity index (χ1) is 10.5. The summed E-state index contributed by atoms with van der Waals surface area (Å²) in [5, 5.41) is 13.8. The van der Waals surface area contributed by atoms with E-state index in [9.17, 15) is 14.9 Å². The molecule has 0 saturated carbocycles. The Hall–Kier alpha value is -1.95. The first-order valence-corrected chi connectivity index (χ1v) is 7.83. The lowest BCUT2D eigenvalue weighted by molar-refractivity contribution is -0.385. The number of carbonyl (C=O) groups is 1. The fraction of sp³-hybridized carbons (Fsp3) is 0.562. The molecule has 1 fully saturated rings. The Kier molecular flexibility index (Phi) is 5.49. The van der Waals surface area contributed by atoms with Gasteiger partial charge in [0.25, 0.3) is 5.69 Å². The van der Waals surface area contributed by atoms with Gasteiger partial charge in [0.05, 0.1) is 11.0 Å². The van der Waals surface area contributed by atoms with E-state index in [1.54, 1.807) is 19.1 Å². The van der Waals surface area contributed by atoms with Crippen LogP contribution in [0, 0.1) is 17.0 Å². The summed E-state index contributed by atoms with van der Waals surface area (Å²) in [7, 11) is 0. The van der Waals surface area contributed by atoms with Crippen molar-refractivity contribution in [3.8, 4) is 0 Å². The van der Waals surface area contributed by atoms with Gasteiger partial charge in [-0.1, -0.05) is 19.4 Å². The van der Waals surface area contributed by atoms with E-state index in [1.807, 2.05) is 0 Å². The number of aryl methyl sites for hydroxylation is 1. The Balaban J connectivity index is 2.10. The van der Waals surface area contributed by atoms with Crippen LogP contribution in [0.1, 0.15) is 38.2 Å². The lowest BCUT2D eigenvalue weighted by Gasteiger charge is -2.34. The van der Waals surface area contributed by atoms with E-state index >= 15 is 0 Å². The Bertz CT molecular complexity index is 558. The lowest BCUT2D eigenvalue weighted by Crippen LogP contribution is -2.47. The number of nitrogens with one attached hydrogen (secondary N) is 1. The smallest absolute Gasteiger partial charge is 0.274 e. The predicted molar refractivity (Wildman–Crippen MR) is 86.0 cm³/mol. The number of nitro benzene ring substituents is 1. The van der Waals surface area contributed by atoms with Crippen molar-refractivity contribution in [3.63, 3.8) is 0 Å². The molecule has 1 N–H and O–H groups in total. The second-order valence-electron chi connectivity index (χ2n) is 5.80. The zero-order valence-corrected chi connectivity index (χ0v) is 13.2. The van der Waals surface area contributed by atoms with Gasteiger partial charge in [-0.15, -0.1) is 0 Å². The average Bonchev–Trinajstić information content (AvgIpc) is 2.49. The van der Waals surface area contributed by atoms with Crippen molar-refractivity contribution in [1.29, 1.82) is 0 Å². The van der Waals surface area contributed by atoms with Crippen LogP contribution in [0.5, 0.6) is 0 Å². The minimum Gasteiger partial charge on any atom is -0.324 e. The van der Waals surface area contributed by atoms with Crippen molar-refractivity contribution < 1.29 is 9.72 Å². The molecule has 1 aliphatic rings. The molecule has 2 rings (SSSR count). The fourth-order valence-corrected chi connectivity index (χ4v) is 2.95. The van der Waals surface area contributed by atoms with E-state index < -0.39 is 4.92 Å². The van der Waals surface area contributed by atoms with Crippen LogP contribution in [-0.2, 0) is 4.79 Å². The number of hydrogen-bond acceptors (Lipinski definition) is 4. The molecular formula is C16H23N3O3. The van der Waals surface area contributed by atoms with Gasteiger partial charge in [-0.2, -0.15) is 0 Å². The fourth-order valence-electron chi connectivity index (χ4n) is 2.95. The van der Waals surface area contributed by atoms with Gasteiger partial charge in [-0.3, -0.25) is 19.8 Å². The monoisotopic (exact) mass is 305 g/mol. The van der Waals surface area contributed by atoms with Gasteiger partial charge in [0.2, 0.25) is 5.91 Å². The molecule has 0 aromatic heterocycles. The second-order valence-corrected chi connectivity index (χ2v) is 5.80. The van der Waals surface area contributed by atoms with Crippen molar-refractivity contribution in [3.05, 3.63) is 33.9 Å². The molecule has 1 unspecified atom stereocenters. The van der Waals surface area contributed by atoms with Gasteiger partial charge in [-0.25, -0.2) is 0 Å². The van der Waals surface area contributed by atoms with Gasteiger partial charge in [0.1, 0.15) is 0 Å². The van der Waals surface area contributed by atoms with Crippen molar-refractivity contribution in [1.82, 2.24) is 4.90 Å². The number of nitro groups is 1. The Labute approximate surface area is 130 Å². The molecule has 6 nitrogen and oxygen atoms in total. The number of likely N-dealkylation sites (tertiary alicyclic amines) is 1. The van der Waals surface area contributed by atoms with Crippen LogP contribution in [0.2, 0.25) is 0 Å². The highest BCUT2D eigenvalue weighted by atomic mass is 16.6. The summed E-state index contributed by atoms with van der Waals surface area (Å²) in [6.07, 6.45) is 4.03. The molecule has 1 aliphatic heterocycles. The number of amides is 1. The van der Waals surface area contributed by atoms with Crippen LogP contribution in [0.4, 0.5) is 11.4 Å². The lowest BCUT2D eigenvalue weighted by atomic mass is 10.0. The van der Waals surface area contributed by atoms with Crippen LogP contribution >= 0.6 is 0 Å². The average molecular weight is 305 g/mol. The van der Waals surface area contributed by atoms with Crippen molar-refractivity contribution in [2.75, 3.05) is 18.4 Å². The molecule has 1 amide bonds. The van der Waals surface area contributed by atoms with Gasteiger partial charge >= 0.3 is 0 Å². The highest BCUT2D eigenvalue weighted by Gasteiger charge is 2.28. The number of hydrogen-bond donors (Lipinski definition) is 1. The van der Waals surface area contributed by atoms with Gasteiger partial charge in [-0.05, 0) is 45.3 Å². The molecule has 22 heavy (non-hydrogen) atoms. The molecular weight excluding hydrogens is 282 g/mol. The van der Waals surface area contributed by atoms with Crippen LogP contribution in [0.3, 0.4) is 0 Å². The van der Waals surface area contributed by atoms with Crippen LogP contribution in [0.25, 0.3) is 0 Å². The molecule has 1 heterocycles. The van der Waals surface area contributed by atoms with Gasteiger partial charge in [0.15, 0.2) is 0 Å². The number of nitrogens with zero attached hydrogens (tertiary/aromatic N) is 2. The third kappa shape index (κ3) is 3.82. The van der Waals surface area contributed by atoms with E-state index in [2.05, 4.69) is 17.1 Å². The minimum atomic E-state index is -0.422. The maximum Gasteiger partial charge on any atom is 0.274 e. The number of benzene rings is 1. The summed E-state index contributed by atoms with van der Waals surface area (Å²) < 4.78 is 0. The van der Waals surface area contributed by atoms with E-state index in [-0.39, 0.29) is 17.6 Å². The maximum atomic E-state index is 12.5. The van der Waals surface area contributed by atoms with E-state index in [0.717, 1.165) is 38.8 Å². The van der Waals surface area contributed by atoms with Crippen LogP contribution in [-0.4, -0.2) is 34.9 Å². The standard InChI is InChI=1S/C16H23N3O3/c1-3-9-18-10-5-4-6-14(18)16(20)17-13-8-7-12(2)15(11-13)19(21)22/h7-8,11,14H,3-6,9-10H2,1-2H3,(H,17,20). The van der Waals surface area contributed by atoms with E-state index in [1.165, 1.54) is 6.07 Å². The molecule has 0 aliphatic carbocycles. The molecule has 0 radical (unpaired) electrons. The number of rotatable bonds is 5. The first kappa shape index (κ1) is 16.4. The molecule has 1 aromatic carbocycles. The molecule has 0 spiro atoms. The number of anilines is 1. The molecule has 120 valence electrons. The summed E-state index contributed by atoms with van der Waals surface area (Å²) in [5.74, 6) is -0.0636. The minimum absolute atomic E-state index is 0.0341. The Morgan fingerprint density at radius 1 is 1.45 bits per heavy atom. The van der Waals surface area contributed by atoms with Crippen LogP contribution < -0.4 is 5.32 Å². The first-order valence-electron chi connectivity index (χ1n) is 7.83. The van der Waals surface area contributed by atoms with Crippen molar-refractivity contribution >= 4 is 17.3 Å². The van der Waals surface area contributed by atoms with Crippen molar-refractivity contribution in [2.24, 2.45) is 0 Å². The Morgan fingerprint density at radius 2 is 2.23 bits per heavy atom. The maximum absolute atomic E-state index is 12.5. The quantitative estimate of drug-likeness (QED) is 0.670. The molecule has 1 saturated heterocycles.